The summed E-state index contributed by atoms with van der Waals surface area (Å²) in [6.07, 6.45) is 0. The number of hydrogen-bond donors (Lipinski definition) is 0. The zero-order valence-electron chi connectivity index (χ0n) is 14.6. The Hall–Kier alpha value is -3.07. The van der Waals surface area contributed by atoms with Gasteiger partial charge >= 0.3 is 0 Å². The standard InChI is InChI=1S/C22H20NO2/c1-23-21-7-5-4-6-19(21)18-13-12-17(25-3)14-20(18)22(23)15-8-10-16(24-2)11-9-15/h4-14H,1-3H3/q+1. The van der Waals surface area contributed by atoms with E-state index in [2.05, 4.69) is 60.1 Å². The summed E-state index contributed by atoms with van der Waals surface area (Å²) >= 11 is 0. The minimum atomic E-state index is 0.856. The van der Waals surface area contributed by atoms with Crippen molar-refractivity contribution in [3.05, 3.63) is 66.7 Å². The second-order valence-electron chi connectivity index (χ2n) is 6.06. The highest BCUT2D eigenvalue weighted by molar-refractivity contribution is 6.09. The molecule has 1 aromatic heterocycles. The van der Waals surface area contributed by atoms with E-state index in [1.165, 1.54) is 21.7 Å². The Kier molecular flexibility index (Phi) is 3.77. The van der Waals surface area contributed by atoms with Crippen LogP contribution in [0.3, 0.4) is 0 Å². The zero-order chi connectivity index (χ0) is 17.4. The first-order valence-corrected chi connectivity index (χ1v) is 8.26. The smallest absolute Gasteiger partial charge is 0.220 e. The monoisotopic (exact) mass is 330 g/mol. The first-order valence-electron chi connectivity index (χ1n) is 8.26. The molecule has 0 saturated carbocycles. The highest BCUT2D eigenvalue weighted by Gasteiger charge is 2.20. The fraction of sp³-hybridized carbons (Fsp3) is 0.136. The molecule has 3 aromatic carbocycles. The predicted octanol–water partition coefficient (Wildman–Crippen LogP) is 4.50. The molecule has 0 bridgehead atoms. The van der Waals surface area contributed by atoms with Crippen molar-refractivity contribution in [1.29, 1.82) is 0 Å². The molecule has 0 saturated heterocycles. The van der Waals surface area contributed by atoms with Crippen molar-refractivity contribution in [3.8, 4) is 22.8 Å². The summed E-state index contributed by atoms with van der Waals surface area (Å²) in [5.41, 5.74) is 3.51. The van der Waals surface area contributed by atoms with Crippen LogP contribution in [-0.4, -0.2) is 14.2 Å². The van der Waals surface area contributed by atoms with Crippen LogP contribution >= 0.6 is 0 Å². The Morgan fingerprint density at radius 1 is 0.680 bits per heavy atom. The molecule has 0 amide bonds. The van der Waals surface area contributed by atoms with Gasteiger partial charge in [0.15, 0.2) is 0 Å². The van der Waals surface area contributed by atoms with Gasteiger partial charge in [0.05, 0.1) is 25.0 Å². The van der Waals surface area contributed by atoms with Gasteiger partial charge in [0.25, 0.3) is 0 Å². The van der Waals surface area contributed by atoms with Gasteiger partial charge in [0.2, 0.25) is 11.2 Å². The van der Waals surface area contributed by atoms with Gasteiger partial charge in [0.1, 0.15) is 18.5 Å². The summed E-state index contributed by atoms with van der Waals surface area (Å²) in [5.74, 6) is 1.71. The number of aryl methyl sites for hydroxylation is 1. The van der Waals surface area contributed by atoms with E-state index in [1.807, 2.05) is 18.2 Å². The summed E-state index contributed by atoms with van der Waals surface area (Å²) in [4.78, 5) is 0. The quantitative estimate of drug-likeness (QED) is 0.407. The minimum absolute atomic E-state index is 0.856. The Labute approximate surface area is 147 Å². The fourth-order valence-corrected chi connectivity index (χ4v) is 3.47. The van der Waals surface area contributed by atoms with Crippen LogP contribution < -0.4 is 14.0 Å². The molecule has 0 aliphatic heterocycles. The first kappa shape index (κ1) is 15.5. The minimum Gasteiger partial charge on any atom is -0.497 e. The van der Waals surface area contributed by atoms with Crippen molar-refractivity contribution in [1.82, 2.24) is 0 Å². The molecule has 0 aliphatic carbocycles. The lowest BCUT2D eigenvalue weighted by atomic mass is 9.99. The first-order chi connectivity index (χ1) is 12.2. The lowest BCUT2D eigenvalue weighted by molar-refractivity contribution is -0.632. The normalized spacial score (nSPS) is 11.0. The average molecular weight is 330 g/mol. The van der Waals surface area contributed by atoms with E-state index in [0.29, 0.717) is 0 Å². The van der Waals surface area contributed by atoms with Crippen molar-refractivity contribution >= 4 is 21.7 Å². The summed E-state index contributed by atoms with van der Waals surface area (Å²) in [6.45, 7) is 0. The molecule has 0 spiro atoms. The van der Waals surface area contributed by atoms with Crippen molar-refractivity contribution in [2.24, 2.45) is 7.05 Å². The number of hydrogen-bond acceptors (Lipinski definition) is 2. The van der Waals surface area contributed by atoms with Crippen LogP contribution in [0.1, 0.15) is 0 Å². The number of fused-ring (bicyclic) bond motifs is 3. The third kappa shape index (κ3) is 2.49. The van der Waals surface area contributed by atoms with Gasteiger partial charge in [-0.05, 0) is 48.5 Å². The molecule has 0 radical (unpaired) electrons. The molecule has 4 rings (SSSR count). The highest BCUT2D eigenvalue weighted by atomic mass is 16.5. The second-order valence-corrected chi connectivity index (χ2v) is 6.06. The maximum Gasteiger partial charge on any atom is 0.220 e. The van der Waals surface area contributed by atoms with Gasteiger partial charge in [-0.3, -0.25) is 0 Å². The van der Waals surface area contributed by atoms with Crippen LogP contribution in [-0.2, 0) is 7.05 Å². The molecular weight excluding hydrogens is 310 g/mol. The predicted molar refractivity (Wildman–Crippen MR) is 101 cm³/mol. The number of aromatic nitrogens is 1. The van der Waals surface area contributed by atoms with Crippen LogP contribution in [0, 0.1) is 0 Å². The molecule has 0 aliphatic rings. The second kappa shape index (κ2) is 6.10. The highest BCUT2D eigenvalue weighted by Crippen LogP contribution is 2.33. The fourth-order valence-electron chi connectivity index (χ4n) is 3.47. The molecule has 1 heterocycles. The topological polar surface area (TPSA) is 22.3 Å². The van der Waals surface area contributed by atoms with E-state index >= 15 is 0 Å². The lowest BCUT2D eigenvalue weighted by Crippen LogP contribution is -2.32. The van der Waals surface area contributed by atoms with Crippen molar-refractivity contribution in [3.63, 3.8) is 0 Å². The summed E-state index contributed by atoms with van der Waals surface area (Å²) in [7, 11) is 5.50. The number of pyridine rings is 1. The Bertz CT molecular complexity index is 1070. The largest absolute Gasteiger partial charge is 0.497 e. The van der Waals surface area contributed by atoms with Gasteiger partial charge in [-0.15, -0.1) is 0 Å². The van der Waals surface area contributed by atoms with Crippen molar-refractivity contribution in [2.75, 3.05) is 14.2 Å². The number of benzene rings is 3. The maximum atomic E-state index is 5.47. The zero-order valence-corrected chi connectivity index (χ0v) is 14.6. The number of ether oxygens (including phenoxy) is 2. The average Bonchev–Trinajstić information content (AvgIpc) is 2.68. The van der Waals surface area contributed by atoms with Crippen LogP contribution in [0.4, 0.5) is 0 Å². The number of rotatable bonds is 3. The number of nitrogens with zero attached hydrogens (tertiary/aromatic N) is 1. The van der Waals surface area contributed by atoms with E-state index in [4.69, 9.17) is 9.47 Å². The van der Waals surface area contributed by atoms with Crippen LogP contribution in [0.25, 0.3) is 32.9 Å². The molecule has 0 fully saturated rings. The summed E-state index contributed by atoms with van der Waals surface area (Å²) in [6, 6.07) is 23.0. The van der Waals surface area contributed by atoms with Gasteiger partial charge in [-0.25, -0.2) is 0 Å². The van der Waals surface area contributed by atoms with E-state index in [1.54, 1.807) is 14.2 Å². The van der Waals surface area contributed by atoms with E-state index in [9.17, 15) is 0 Å². The van der Waals surface area contributed by atoms with Gasteiger partial charge in [-0.1, -0.05) is 12.1 Å². The van der Waals surface area contributed by atoms with Crippen molar-refractivity contribution in [2.45, 2.75) is 0 Å². The molecular formula is C22H20NO2+. The Morgan fingerprint density at radius 2 is 1.36 bits per heavy atom. The van der Waals surface area contributed by atoms with Crippen LogP contribution in [0.2, 0.25) is 0 Å². The van der Waals surface area contributed by atoms with Crippen molar-refractivity contribution < 1.29 is 14.0 Å². The molecule has 0 N–H and O–H groups in total. The lowest BCUT2D eigenvalue weighted by Gasteiger charge is -2.11. The van der Waals surface area contributed by atoms with Gasteiger partial charge in [0, 0.05) is 17.0 Å². The Balaban J connectivity index is 2.13. The SMILES string of the molecule is COc1ccc(-c2c3cc(OC)ccc3c3ccccc3[n+]2C)cc1. The van der Waals surface area contributed by atoms with Gasteiger partial charge in [-0.2, -0.15) is 4.57 Å². The van der Waals surface area contributed by atoms with Gasteiger partial charge < -0.3 is 9.47 Å². The van der Waals surface area contributed by atoms with E-state index < -0.39 is 0 Å². The summed E-state index contributed by atoms with van der Waals surface area (Å²) in [5, 5.41) is 3.63. The Morgan fingerprint density at radius 3 is 2.08 bits per heavy atom. The summed E-state index contributed by atoms with van der Waals surface area (Å²) < 4.78 is 13.0. The number of para-hydroxylation sites is 1. The molecule has 0 atom stereocenters. The molecule has 124 valence electrons. The van der Waals surface area contributed by atoms with E-state index in [0.717, 1.165) is 22.8 Å². The van der Waals surface area contributed by atoms with E-state index in [-0.39, 0.29) is 0 Å². The maximum absolute atomic E-state index is 5.47. The molecule has 3 nitrogen and oxygen atoms in total. The molecule has 0 unspecified atom stereocenters. The van der Waals surface area contributed by atoms with Crippen LogP contribution in [0.15, 0.2) is 66.7 Å². The van der Waals surface area contributed by atoms with Crippen LogP contribution in [0.5, 0.6) is 11.5 Å². The third-order valence-corrected chi connectivity index (χ3v) is 4.74. The molecule has 4 aromatic rings. The molecule has 3 heteroatoms. The number of methoxy groups -OCH3 is 2. The molecule has 25 heavy (non-hydrogen) atoms. The third-order valence-electron chi connectivity index (χ3n) is 4.74.